The first kappa shape index (κ1) is 16.5. The first-order chi connectivity index (χ1) is 11.3. The van der Waals surface area contributed by atoms with Crippen LogP contribution in [0.2, 0.25) is 0 Å². The Labute approximate surface area is 144 Å². The van der Waals surface area contributed by atoms with Crippen molar-refractivity contribution in [1.82, 2.24) is 4.98 Å². The molecule has 0 fully saturated rings. The molecule has 0 unspecified atom stereocenters. The van der Waals surface area contributed by atoms with Crippen LogP contribution in [0.25, 0.3) is 22.7 Å². The van der Waals surface area contributed by atoms with Gasteiger partial charge in [-0.05, 0) is 36.4 Å². The van der Waals surface area contributed by atoms with Gasteiger partial charge in [0.15, 0.2) is 0 Å². The summed E-state index contributed by atoms with van der Waals surface area (Å²) in [5, 5.41) is 0. The Morgan fingerprint density at radius 2 is 1.75 bits per heavy atom. The largest absolute Gasteiger partial charge is 0.444 e. The monoisotopic (exact) mass is 362 g/mol. The standard InChI is InChI=1S/C17H15ClN2O3S/c1-20(2)14-5-3-4-13(10-14)16-11-23-17(19-16)12-6-8-15(9-7-12)24(18,21)22/h3-11H,1-2H3. The van der Waals surface area contributed by atoms with Gasteiger partial charge in [-0.25, -0.2) is 13.4 Å². The molecule has 0 amide bonds. The molecule has 0 aliphatic rings. The van der Waals surface area contributed by atoms with Gasteiger partial charge in [0.25, 0.3) is 9.05 Å². The van der Waals surface area contributed by atoms with Crippen molar-refractivity contribution >= 4 is 25.4 Å². The normalized spacial score (nSPS) is 11.5. The van der Waals surface area contributed by atoms with E-state index in [-0.39, 0.29) is 4.90 Å². The molecular formula is C17H15ClN2O3S. The average Bonchev–Trinajstić information content (AvgIpc) is 3.04. The lowest BCUT2D eigenvalue weighted by molar-refractivity contribution is 0.575. The second kappa shape index (κ2) is 6.30. The zero-order valence-electron chi connectivity index (χ0n) is 13.1. The van der Waals surface area contributed by atoms with Crippen LogP contribution in [-0.2, 0) is 9.05 Å². The van der Waals surface area contributed by atoms with Gasteiger partial charge in [-0.15, -0.1) is 0 Å². The average molecular weight is 363 g/mol. The van der Waals surface area contributed by atoms with Crippen LogP contribution in [0.5, 0.6) is 0 Å². The van der Waals surface area contributed by atoms with Gasteiger partial charge in [-0.3, -0.25) is 0 Å². The molecule has 3 rings (SSSR count). The van der Waals surface area contributed by atoms with Gasteiger partial charge in [0.05, 0.1) is 4.90 Å². The fourth-order valence-corrected chi connectivity index (χ4v) is 3.01. The van der Waals surface area contributed by atoms with E-state index >= 15 is 0 Å². The molecule has 1 heterocycles. The van der Waals surface area contributed by atoms with Crippen LogP contribution in [0.3, 0.4) is 0 Å². The molecule has 0 radical (unpaired) electrons. The summed E-state index contributed by atoms with van der Waals surface area (Å²) in [6, 6.07) is 14.0. The number of hydrogen-bond acceptors (Lipinski definition) is 5. The second-order valence-corrected chi connectivity index (χ2v) is 8.01. The molecule has 0 bridgehead atoms. The highest BCUT2D eigenvalue weighted by Crippen LogP contribution is 2.28. The van der Waals surface area contributed by atoms with Crippen molar-refractivity contribution in [2.75, 3.05) is 19.0 Å². The second-order valence-electron chi connectivity index (χ2n) is 5.44. The van der Waals surface area contributed by atoms with Crippen LogP contribution in [0.1, 0.15) is 0 Å². The maximum atomic E-state index is 11.3. The van der Waals surface area contributed by atoms with Gasteiger partial charge in [0, 0.05) is 41.6 Å². The van der Waals surface area contributed by atoms with E-state index < -0.39 is 9.05 Å². The minimum Gasteiger partial charge on any atom is -0.444 e. The molecule has 7 heteroatoms. The number of rotatable bonds is 4. The van der Waals surface area contributed by atoms with Crippen molar-refractivity contribution in [1.29, 1.82) is 0 Å². The highest BCUT2D eigenvalue weighted by molar-refractivity contribution is 8.13. The molecule has 0 aliphatic heterocycles. The highest BCUT2D eigenvalue weighted by atomic mass is 35.7. The lowest BCUT2D eigenvalue weighted by Gasteiger charge is -2.12. The summed E-state index contributed by atoms with van der Waals surface area (Å²) in [6.07, 6.45) is 1.58. The molecule has 3 aromatic rings. The summed E-state index contributed by atoms with van der Waals surface area (Å²) in [6.45, 7) is 0. The summed E-state index contributed by atoms with van der Waals surface area (Å²) < 4.78 is 28.1. The summed E-state index contributed by atoms with van der Waals surface area (Å²) in [5.74, 6) is 0.416. The third kappa shape index (κ3) is 3.44. The summed E-state index contributed by atoms with van der Waals surface area (Å²) in [4.78, 5) is 6.53. The molecule has 24 heavy (non-hydrogen) atoms. The van der Waals surface area contributed by atoms with Gasteiger partial charge < -0.3 is 9.32 Å². The predicted octanol–water partition coefficient (Wildman–Crippen LogP) is 4.00. The van der Waals surface area contributed by atoms with Crippen LogP contribution < -0.4 is 4.90 Å². The molecule has 0 aliphatic carbocycles. The topological polar surface area (TPSA) is 63.4 Å². The quantitative estimate of drug-likeness (QED) is 0.656. The van der Waals surface area contributed by atoms with Crippen molar-refractivity contribution in [2.45, 2.75) is 4.90 Å². The summed E-state index contributed by atoms with van der Waals surface area (Å²) in [7, 11) is 5.52. The van der Waals surface area contributed by atoms with E-state index in [4.69, 9.17) is 15.1 Å². The molecule has 0 N–H and O–H groups in total. The van der Waals surface area contributed by atoms with Crippen LogP contribution >= 0.6 is 10.7 Å². The minimum absolute atomic E-state index is 0.0402. The number of hydrogen-bond donors (Lipinski definition) is 0. The van der Waals surface area contributed by atoms with Gasteiger partial charge in [-0.1, -0.05) is 12.1 Å². The molecule has 0 spiro atoms. The van der Waals surface area contributed by atoms with E-state index in [1.54, 1.807) is 18.4 Å². The first-order valence-electron chi connectivity index (χ1n) is 7.13. The van der Waals surface area contributed by atoms with Gasteiger partial charge in [-0.2, -0.15) is 0 Å². The third-order valence-corrected chi connectivity index (χ3v) is 4.92. The van der Waals surface area contributed by atoms with E-state index in [0.717, 1.165) is 11.3 Å². The van der Waals surface area contributed by atoms with E-state index in [1.807, 2.05) is 43.3 Å². The first-order valence-corrected chi connectivity index (χ1v) is 9.44. The molecule has 0 atom stereocenters. The zero-order valence-corrected chi connectivity index (χ0v) is 14.7. The Bertz CT molecular complexity index is 964. The summed E-state index contributed by atoms with van der Waals surface area (Å²) in [5.41, 5.74) is 3.39. The summed E-state index contributed by atoms with van der Waals surface area (Å²) >= 11 is 0. The fraction of sp³-hybridized carbons (Fsp3) is 0.118. The number of nitrogens with zero attached hydrogens (tertiary/aromatic N) is 2. The van der Waals surface area contributed by atoms with Crippen LogP contribution in [-0.4, -0.2) is 27.5 Å². The van der Waals surface area contributed by atoms with Gasteiger partial charge in [0.1, 0.15) is 12.0 Å². The third-order valence-electron chi connectivity index (χ3n) is 3.55. The number of aromatic nitrogens is 1. The van der Waals surface area contributed by atoms with Crippen molar-refractivity contribution in [2.24, 2.45) is 0 Å². The SMILES string of the molecule is CN(C)c1cccc(-c2coc(-c3ccc(S(=O)(=O)Cl)cc3)n2)c1. The molecular weight excluding hydrogens is 348 g/mol. The van der Waals surface area contributed by atoms with E-state index in [2.05, 4.69) is 4.98 Å². The minimum atomic E-state index is -3.74. The molecule has 2 aromatic carbocycles. The van der Waals surface area contributed by atoms with Crippen LogP contribution in [0, 0.1) is 0 Å². The number of anilines is 1. The van der Waals surface area contributed by atoms with Crippen LogP contribution in [0.4, 0.5) is 5.69 Å². The lowest BCUT2D eigenvalue weighted by Crippen LogP contribution is -2.08. The zero-order chi connectivity index (χ0) is 17.3. The number of benzene rings is 2. The van der Waals surface area contributed by atoms with Gasteiger partial charge >= 0.3 is 0 Å². The Balaban J connectivity index is 1.92. The highest BCUT2D eigenvalue weighted by Gasteiger charge is 2.12. The Kier molecular flexibility index (Phi) is 4.34. The van der Waals surface area contributed by atoms with Gasteiger partial charge in [0.2, 0.25) is 5.89 Å². The number of oxazole rings is 1. The Morgan fingerprint density at radius 1 is 1.04 bits per heavy atom. The molecule has 5 nitrogen and oxygen atoms in total. The molecule has 124 valence electrons. The van der Waals surface area contributed by atoms with Crippen molar-refractivity contribution in [3.63, 3.8) is 0 Å². The smallest absolute Gasteiger partial charge is 0.261 e. The van der Waals surface area contributed by atoms with Crippen molar-refractivity contribution in [3.05, 3.63) is 54.8 Å². The van der Waals surface area contributed by atoms with E-state index in [1.165, 1.54) is 12.1 Å². The number of halogens is 1. The van der Waals surface area contributed by atoms with E-state index in [0.29, 0.717) is 17.1 Å². The fourth-order valence-electron chi connectivity index (χ4n) is 2.24. The maximum absolute atomic E-state index is 11.3. The molecule has 1 aromatic heterocycles. The molecule has 0 saturated heterocycles. The van der Waals surface area contributed by atoms with Crippen molar-refractivity contribution in [3.8, 4) is 22.7 Å². The van der Waals surface area contributed by atoms with Crippen molar-refractivity contribution < 1.29 is 12.8 Å². The Hall–Kier alpha value is -2.31. The Morgan fingerprint density at radius 3 is 2.38 bits per heavy atom. The van der Waals surface area contributed by atoms with E-state index in [9.17, 15) is 8.42 Å². The van der Waals surface area contributed by atoms with Crippen LogP contribution in [0.15, 0.2) is 64.1 Å². The predicted molar refractivity (Wildman–Crippen MR) is 94.7 cm³/mol. The maximum Gasteiger partial charge on any atom is 0.261 e. The lowest BCUT2D eigenvalue weighted by atomic mass is 10.1. The molecule has 0 saturated carbocycles.